The van der Waals surface area contributed by atoms with Crippen LogP contribution in [0.5, 0.6) is 0 Å². The van der Waals surface area contributed by atoms with E-state index >= 15 is 0 Å². The van der Waals surface area contributed by atoms with E-state index in [9.17, 15) is 5.11 Å². The Labute approximate surface area is 105 Å². The summed E-state index contributed by atoms with van der Waals surface area (Å²) < 4.78 is 0. The summed E-state index contributed by atoms with van der Waals surface area (Å²) in [6, 6.07) is 15.6. The summed E-state index contributed by atoms with van der Waals surface area (Å²) in [7, 11) is 0. The lowest BCUT2D eigenvalue weighted by Crippen LogP contribution is -1.91. The number of aliphatic hydroxyl groups excluding tert-OH is 2. The van der Waals surface area contributed by atoms with Crippen molar-refractivity contribution in [1.29, 1.82) is 0 Å². The van der Waals surface area contributed by atoms with Gasteiger partial charge in [0.1, 0.15) is 0 Å². The van der Waals surface area contributed by atoms with E-state index in [0.29, 0.717) is 0 Å². The number of aliphatic hydroxyl groups is 2. The second kappa shape index (κ2) is 5.87. The van der Waals surface area contributed by atoms with Gasteiger partial charge in [0.25, 0.3) is 0 Å². The molecule has 0 aliphatic heterocycles. The molecule has 2 aromatic rings. The van der Waals surface area contributed by atoms with Gasteiger partial charge in [-0.1, -0.05) is 42.1 Å². The highest BCUT2D eigenvalue weighted by Crippen LogP contribution is 2.31. The van der Waals surface area contributed by atoms with Crippen molar-refractivity contribution in [2.45, 2.75) is 23.0 Å². The third-order valence-corrected chi connectivity index (χ3v) is 3.56. The maximum absolute atomic E-state index is 9.28. The molecule has 0 atom stereocenters. The zero-order chi connectivity index (χ0) is 12.1. The highest BCUT2D eigenvalue weighted by atomic mass is 32.2. The fourth-order valence-electron chi connectivity index (χ4n) is 1.54. The predicted molar refractivity (Wildman–Crippen MR) is 68.9 cm³/mol. The Bertz CT molecular complexity index is 483. The topological polar surface area (TPSA) is 40.5 Å². The fraction of sp³-hybridized carbons (Fsp3) is 0.143. The molecule has 2 aromatic carbocycles. The van der Waals surface area contributed by atoms with Crippen LogP contribution in [-0.4, -0.2) is 10.2 Å². The summed E-state index contributed by atoms with van der Waals surface area (Å²) in [5.74, 6) is 0. The Hall–Kier alpha value is -1.29. The molecule has 0 spiro atoms. The van der Waals surface area contributed by atoms with Gasteiger partial charge in [-0.15, -0.1) is 0 Å². The first-order chi connectivity index (χ1) is 8.33. The van der Waals surface area contributed by atoms with Crippen molar-refractivity contribution in [1.82, 2.24) is 0 Å². The van der Waals surface area contributed by atoms with Crippen LogP contribution in [0.4, 0.5) is 0 Å². The molecule has 0 fully saturated rings. The van der Waals surface area contributed by atoms with E-state index in [1.807, 2.05) is 48.5 Å². The lowest BCUT2D eigenvalue weighted by atomic mass is 10.1. The zero-order valence-corrected chi connectivity index (χ0v) is 10.2. The third kappa shape index (κ3) is 3.09. The molecule has 0 heterocycles. The Morgan fingerprint density at radius 2 is 1.65 bits per heavy atom. The maximum atomic E-state index is 9.28. The molecular formula is C14H14O2S. The minimum Gasteiger partial charge on any atom is -0.392 e. The van der Waals surface area contributed by atoms with E-state index in [2.05, 4.69) is 0 Å². The monoisotopic (exact) mass is 246 g/mol. The minimum absolute atomic E-state index is 0.0148. The van der Waals surface area contributed by atoms with Crippen LogP contribution in [0.15, 0.2) is 58.3 Å². The SMILES string of the molecule is OCc1ccc(CO)c(Sc2ccccc2)c1. The van der Waals surface area contributed by atoms with Gasteiger partial charge in [0, 0.05) is 9.79 Å². The van der Waals surface area contributed by atoms with Gasteiger partial charge in [0.15, 0.2) is 0 Å². The summed E-state index contributed by atoms with van der Waals surface area (Å²) >= 11 is 1.60. The first kappa shape index (κ1) is 12.2. The molecule has 0 aromatic heterocycles. The first-order valence-corrected chi connectivity index (χ1v) is 6.21. The molecule has 0 saturated heterocycles. The smallest absolute Gasteiger partial charge is 0.0692 e. The summed E-state index contributed by atoms with van der Waals surface area (Å²) in [5, 5.41) is 18.4. The van der Waals surface area contributed by atoms with E-state index in [4.69, 9.17) is 5.11 Å². The molecular weight excluding hydrogens is 232 g/mol. The van der Waals surface area contributed by atoms with E-state index in [-0.39, 0.29) is 13.2 Å². The average molecular weight is 246 g/mol. The average Bonchev–Trinajstić information content (AvgIpc) is 2.40. The van der Waals surface area contributed by atoms with Gasteiger partial charge < -0.3 is 10.2 Å². The minimum atomic E-state index is 0.0148. The van der Waals surface area contributed by atoms with E-state index < -0.39 is 0 Å². The van der Waals surface area contributed by atoms with Gasteiger partial charge in [0.2, 0.25) is 0 Å². The van der Waals surface area contributed by atoms with Crippen molar-refractivity contribution in [3.05, 3.63) is 59.7 Å². The van der Waals surface area contributed by atoms with Gasteiger partial charge in [-0.25, -0.2) is 0 Å². The van der Waals surface area contributed by atoms with Crippen LogP contribution in [0.2, 0.25) is 0 Å². The van der Waals surface area contributed by atoms with E-state index in [1.165, 1.54) is 0 Å². The molecule has 2 rings (SSSR count). The molecule has 3 heteroatoms. The first-order valence-electron chi connectivity index (χ1n) is 5.40. The van der Waals surface area contributed by atoms with Crippen LogP contribution in [0.3, 0.4) is 0 Å². The number of benzene rings is 2. The highest BCUT2D eigenvalue weighted by molar-refractivity contribution is 7.99. The molecule has 0 radical (unpaired) electrons. The van der Waals surface area contributed by atoms with Crippen molar-refractivity contribution in [2.24, 2.45) is 0 Å². The van der Waals surface area contributed by atoms with Crippen molar-refractivity contribution in [3.8, 4) is 0 Å². The van der Waals surface area contributed by atoms with Crippen LogP contribution in [0.25, 0.3) is 0 Å². The Balaban J connectivity index is 2.30. The van der Waals surface area contributed by atoms with Crippen LogP contribution in [0.1, 0.15) is 11.1 Å². The Kier molecular flexibility index (Phi) is 4.20. The second-order valence-corrected chi connectivity index (χ2v) is 4.79. The molecule has 2 nitrogen and oxygen atoms in total. The lowest BCUT2D eigenvalue weighted by molar-refractivity contribution is 0.275. The zero-order valence-electron chi connectivity index (χ0n) is 9.34. The predicted octanol–water partition coefficient (Wildman–Crippen LogP) is 2.82. The fourth-order valence-corrected chi connectivity index (χ4v) is 2.56. The molecule has 17 heavy (non-hydrogen) atoms. The molecule has 0 aliphatic carbocycles. The summed E-state index contributed by atoms with van der Waals surface area (Å²) in [4.78, 5) is 2.11. The Morgan fingerprint density at radius 3 is 2.29 bits per heavy atom. The quantitative estimate of drug-likeness (QED) is 0.871. The maximum Gasteiger partial charge on any atom is 0.0692 e. The van der Waals surface area contributed by atoms with Crippen LogP contribution >= 0.6 is 11.8 Å². The van der Waals surface area contributed by atoms with Crippen molar-refractivity contribution in [3.63, 3.8) is 0 Å². The molecule has 0 aliphatic rings. The number of hydrogen-bond acceptors (Lipinski definition) is 3. The normalized spacial score (nSPS) is 10.5. The molecule has 2 N–H and O–H groups in total. The summed E-state index contributed by atoms with van der Waals surface area (Å²) in [6.07, 6.45) is 0. The molecule has 0 bridgehead atoms. The highest BCUT2D eigenvalue weighted by Gasteiger charge is 2.05. The van der Waals surface area contributed by atoms with Crippen molar-refractivity contribution >= 4 is 11.8 Å². The number of rotatable bonds is 4. The molecule has 0 unspecified atom stereocenters. The van der Waals surface area contributed by atoms with Gasteiger partial charge in [-0.05, 0) is 29.3 Å². The van der Waals surface area contributed by atoms with Gasteiger partial charge in [-0.2, -0.15) is 0 Å². The van der Waals surface area contributed by atoms with Crippen molar-refractivity contribution < 1.29 is 10.2 Å². The summed E-state index contributed by atoms with van der Waals surface area (Å²) in [6.45, 7) is 0.0366. The number of hydrogen-bond donors (Lipinski definition) is 2. The van der Waals surface area contributed by atoms with E-state index in [0.717, 1.165) is 20.9 Å². The van der Waals surface area contributed by atoms with Gasteiger partial charge in [-0.3, -0.25) is 0 Å². The van der Waals surface area contributed by atoms with Gasteiger partial charge in [0.05, 0.1) is 13.2 Å². The third-order valence-electron chi connectivity index (χ3n) is 2.46. The largest absolute Gasteiger partial charge is 0.392 e. The Morgan fingerprint density at radius 1 is 0.882 bits per heavy atom. The van der Waals surface area contributed by atoms with Crippen LogP contribution in [0, 0.1) is 0 Å². The van der Waals surface area contributed by atoms with Gasteiger partial charge >= 0.3 is 0 Å². The van der Waals surface area contributed by atoms with Crippen LogP contribution < -0.4 is 0 Å². The van der Waals surface area contributed by atoms with Crippen LogP contribution in [-0.2, 0) is 13.2 Å². The lowest BCUT2D eigenvalue weighted by Gasteiger charge is -2.08. The van der Waals surface area contributed by atoms with E-state index in [1.54, 1.807) is 11.8 Å². The summed E-state index contributed by atoms with van der Waals surface area (Å²) in [5.41, 5.74) is 1.75. The standard InChI is InChI=1S/C14H14O2S/c15-9-11-6-7-12(10-16)14(8-11)17-13-4-2-1-3-5-13/h1-8,15-16H,9-10H2. The second-order valence-electron chi connectivity index (χ2n) is 3.67. The molecule has 0 amide bonds. The molecule has 88 valence electrons. The molecule has 0 saturated carbocycles. The van der Waals surface area contributed by atoms with Crippen molar-refractivity contribution in [2.75, 3.05) is 0 Å².